The summed E-state index contributed by atoms with van der Waals surface area (Å²) in [5.74, 6) is -0.240. The zero-order valence-electron chi connectivity index (χ0n) is 12.7. The number of nitrogens with one attached hydrogen (secondary N) is 1. The third-order valence-corrected chi connectivity index (χ3v) is 4.58. The van der Waals surface area contributed by atoms with Crippen LogP contribution in [0.25, 0.3) is 0 Å². The van der Waals surface area contributed by atoms with Crippen molar-refractivity contribution in [2.24, 2.45) is 5.73 Å². The molecule has 1 unspecified atom stereocenters. The van der Waals surface area contributed by atoms with Gasteiger partial charge in [0.15, 0.2) is 0 Å². The SMILES string of the molecule is CN1CCN(CC(C)(NC2CC2)C(N)=O)CC1(C)C. The number of carbonyl (C=O) groups excluding carboxylic acids is 1. The molecule has 0 aromatic heterocycles. The summed E-state index contributed by atoms with van der Waals surface area (Å²) in [6, 6.07) is 0.484. The van der Waals surface area contributed by atoms with Gasteiger partial charge in [0.25, 0.3) is 0 Å². The van der Waals surface area contributed by atoms with Gasteiger partial charge in [-0.1, -0.05) is 0 Å². The molecule has 3 N–H and O–H groups in total. The summed E-state index contributed by atoms with van der Waals surface area (Å²) in [5.41, 5.74) is 5.17. The van der Waals surface area contributed by atoms with Gasteiger partial charge in [-0.3, -0.25) is 19.9 Å². The molecule has 110 valence electrons. The molecule has 0 aromatic carbocycles. The smallest absolute Gasteiger partial charge is 0.238 e. The van der Waals surface area contributed by atoms with Crippen LogP contribution in [0.15, 0.2) is 0 Å². The summed E-state index contributed by atoms with van der Waals surface area (Å²) in [7, 11) is 2.16. The van der Waals surface area contributed by atoms with Crippen molar-refractivity contribution in [2.75, 3.05) is 33.2 Å². The van der Waals surface area contributed by atoms with Crippen LogP contribution < -0.4 is 11.1 Å². The minimum atomic E-state index is -0.604. The maximum absolute atomic E-state index is 11.8. The molecule has 1 atom stereocenters. The van der Waals surface area contributed by atoms with Gasteiger partial charge in [-0.05, 0) is 40.7 Å². The maximum Gasteiger partial charge on any atom is 0.238 e. The number of nitrogens with two attached hydrogens (primary N) is 1. The van der Waals surface area contributed by atoms with Crippen LogP contribution in [0.3, 0.4) is 0 Å². The number of rotatable bonds is 5. The Morgan fingerprint density at radius 3 is 2.53 bits per heavy atom. The van der Waals surface area contributed by atoms with Gasteiger partial charge < -0.3 is 5.73 Å². The molecule has 1 heterocycles. The fourth-order valence-electron chi connectivity index (χ4n) is 2.80. The van der Waals surface area contributed by atoms with Crippen molar-refractivity contribution in [3.63, 3.8) is 0 Å². The average Bonchev–Trinajstić information content (AvgIpc) is 3.06. The van der Waals surface area contributed by atoms with E-state index in [1.165, 1.54) is 0 Å². The molecule has 2 aliphatic rings. The molecule has 1 saturated carbocycles. The Labute approximate surface area is 116 Å². The highest BCUT2D eigenvalue weighted by atomic mass is 16.1. The lowest BCUT2D eigenvalue weighted by molar-refractivity contribution is -0.125. The summed E-state index contributed by atoms with van der Waals surface area (Å²) in [6.07, 6.45) is 2.33. The van der Waals surface area contributed by atoms with E-state index in [4.69, 9.17) is 5.73 Å². The monoisotopic (exact) mass is 268 g/mol. The summed E-state index contributed by atoms with van der Waals surface area (Å²) in [6.45, 7) is 10.1. The van der Waals surface area contributed by atoms with Gasteiger partial charge in [0.1, 0.15) is 5.54 Å². The lowest BCUT2D eigenvalue weighted by atomic mass is 9.95. The lowest BCUT2D eigenvalue weighted by Crippen LogP contribution is -2.65. The Hall–Kier alpha value is -0.650. The predicted octanol–water partition coefficient (Wildman–Crippen LogP) is 0.00840. The third-order valence-electron chi connectivity index (χ3n) is 4.58. The Morgan fingerprint density at radius 2 is 2.05 bits per heavy atom. The summed E-state index contributed by atoms with van der Waals surface area (Å²) < 4.78 is 0. The fraction of sp³-hybridized carbons (Fsp3) is 0.929. The molecule has 0 radical (unpaired) electrons. The Morgan fingerprint density at radius 1 is 1.42 bits per heavy atom. The van der Waals surface area contributed by atoms with E-state index in [-0.39, 0.29) is 11.4 Å². The molecule has 2 rings (SSSR count). The van der Waals surface area contributed by atoms with Crippen LogP contribution in [0.1, 0.15) is 33.6 Å². The normalized spacial score (nSPS) is 28.0. The van der Waals surface area contributed by atoms with E-state index in [9.17, 15) is 4.79 Å². The van der Waals surface area contributed by atoms with E-state index in [0.717, 1.165) is 32.5 Å². The topological polar surface area (TPSA) is 61.6 Å². The highest BCUT2D eigenvalue weighted by molar-refractivity contribution is 5.84. The summed E-state index contributed by atoms with van der Waals surface area (Å²) >= 11 is 0. The lowest BCUT2D eigenvalue weighted by Gasteiger charge is -2.47. The molecular weight excluding hydrogens is 240 g/mol. The summed E-state index contributed by atoms with van der Waals surface area (Å²) in [5, 5.41) is 3.42. The van der Waals surface area contributed by atoms with Gasteiger partial charge in [0, 0.05) is 37.8 Å². The second kappa shape index (κ2) is 5.04. The van der Waals surface area contributed by atoms with Crippen molar-refractivity contribution in [3.8, 4) is 0 Å². The van der Waals surface area contributed by atoms with Crippen LogP contribution in [0, 0.1) is 0 Å². The van der Waals surface area contributed by atoms with Crippen LogP contribution in [0.4, 0.5) is 0 Å². The summed E-state index contributed by atoms with van der Waals surface area (Å²) in [4.78, 5) is 16.5. The number of hydrogen-bond acceptors (Lipinski definition) is 4. The standard InChI is InChI=1S/C14H28N4O/c1-13(2)9-18(8-7-17(13)4)10-14(3,12(15)19)16-11-5-6-11/h11,16H,5-10H2,1-4H3,(H2,15,19). The van der Waals surface area contributed by atoms with Crippen molar-refractivity contribution >= 4 is 5.91 Å². The van der Waals surface area contributed by atoms with Gasteiger partial charge >= 0.3 is 0 Å². The fourth-order valence-corrected chi connectivity index (χ4v) is 2.80. The molecule has 0 aromatic rings. The third kappa shape index (κ3) is 3.46. The molecular formula is C14H28N4O. The second-order valence-corrected chi connectivity index (χ2v) is 7.06. The second-order valence-electron chi connectivity index (χ2n) is 7.06. The van der Waals surface area contributed by atoms with Gasteiger partial charge in [0.2, 0.25) is 5.91 Å². The largest absolute Gasteiger partial charge is 0.368 e. The predicted molar refractivity (Wildman–Crippen MR) is 76.9 cm³/mol. The molecule has 0 bridgehead atoms. The number of hydrogen-bond donors (Lipinski definition) is 2. The zero-order valence-corrected chi connectivity index (χ0v) is 12.7. The highest BCUT2D eigenvalue weighted by Crippen LogP contribution is 2.25. The quantitative estimate of drug-likeness (QED) is 0.737. The number of carbonyl (C=O) groups is 1. The number of piperazine rings is 1. The minimum Gasteiger partial charge on any atom is -0.368 e. The van der Waals surface area contributed by atoms with Crippen molar-refractivity contribution in [2.45, 2.75) is 50.7 Å². The van der Waals surface area contributed by atoms with Gasteiger partial charge in [0.05, 0.1) is 0 Å². The van der Waals surface area contributed by atoms with Crippen molar-refractivity contribution in [1.82, 2.24) is 15.1 Å². The van der Waals surface area contributed by atoms with Crippen LogP contribution in [0.5, 0.6) is 0 Å². The molecule has 19 heavy (non-hydrogen) atoms. The van der Waals surface area contributed by atoms with Crippen molar-refractivity contribution in [1.29, 1.82) is 0 Å². The number of primary amides is 1. The molecule has 5 nitrogen and oxygen atoms in total. The first-order chi connectivity index (χ1) is 8.73. The van der Waals surface area contributed by atoms with Gasteiger partial charge in [-0.15, -0.1) is 0 Å². The van der Waals surface area contributed by atoms with Crippen LogP contribution >= 0.6 is 0 Å². The van der Waals surface area contributed by atoms with Crippen LogP contribution in [-0.4, -0.2) is 66.1 Å². The Balaban J connectivity index is 1.99. The van der Waals surface area contributed by atoms with Crippen molar-refractivity contribution in [3.05, 3.63) is 0 Å². The molecule has 1 aliphatic heterocycles. The van der Waals surface area contributed by atoms with Gasteiger partial charge in [-0.2, -0.15) is 0 Å². The van der Waals surface area contributed by atoms with E-state index < -0.39 is 5.54 Å². The minimum absolute atomic E-state index is 0.149. The number of nitrogens with zero attached hydrogens (tertiary/aromatic N) is 2. The van der Waals surface area contributed by atoms with Crippen molar-refractivity contribution < 1.29 is 4.79 Å². The van der Waals surface area contributed by atoms with E-state index in [0.29, 0.717) is 12.6 Å². The molecule has 1 saturated heterocycles. The molecule has 0 spiro atoms. The van der Waals surface area contributed by atoms with E-state index in [1.807, 2.05) is 6.92 Å². The van der Waals surface area contributed by atoms with E-state index in [1.54, 1.807) is 0 Å². The van der Waals surface area contributed by atoms with Crippen LogP contribution in [-0.2, 0) is 4.79 Å². The zero-order chi connectivity index (χ0) is 14.3. The molecule has 2 fully saturated rings. The average molecular weight is 268 g/mol. The molecule has 1 aliphatic carbocycles. The Kier molecular flexibility index (Phi) is 3.91. The maximum atomic E-state index is 11.8. The first kappa shape index (κ1) is 14.8. The van der Waals surface area contributed by atoms with Gasteiger partial charge in [-0.25, -0.2) is 0 Å². The van der Waals surface area contributed by atoms with Crippen LogP contribution in [0.2, 0.25) is 0 Å². The highest BCUT2D eigenvalue weighted by Gasteiger charge is 2.40. The number of amides is 1. The Bertz CT molecular complexity index is 353. The molecule has 1 amide bonds. The first-order valence-electron chi connectivity index (χ1n) is 7.24. The molecule has 5 heteroatoms. The van der Waals surface area contributed by atoms with E-state index >= 15 is 0 Å². The van der Waals surface area contributed by atoms with E-state index in [2.05, 4.69) is 36.0 Å². The first-order valence-corrected chi connectivity index (χ1v) is 7.24. The number of likely N-dealkylation sites (N-methyl/N-ethyl adjacent to an activating group) is 1.